The third kappa shape index (κ3) is 3.79. The number of hydrogen-bond acceptors (Lipinski definition) is 0. The van der Waals surface area contributed by atoms with Gasteiger partial charge in [-0.15, -0.1) is 24.8 Å². The van der Waals surface area contributed by atoms with Crippen molar-refractivity contribution in [1.82, 2.24) is 0 Å². The average Bonchev–Trinajstić information content (AvgIpc) is 3.10. The molecule has 0 unspecified atom stereocenters. The molecular weight excluding hydrogens is 366 g/mol. The third-order valence-electron chi connectivity index (χ3n) is 4.81. The van der Waals surface area contributed by atoms with E-state index in [-0.39, 0.29) is 24.8 Å². The molecular formula is C17H24Cl2Zr. The molecule has 0 aromatic heterocycles. The van der Waals surface area contributed by atoms with E-state index in [1.807, 2.05) is 3.28 Å². The summed E-state index contributed by atoms with van der Waals surface area (Å²) in [6, 6.07) is 0. The fourth-order valence-corrected chi connectivity index (χ4v) is 6.68. The van der Waals surface area contributed by atoms with Gasteiger partial charge in [-0.2, -0.15) is 0 Å². The number of halogens is 2. The molecule has 1 saturated carbocycles. The largest absolute Gasteiger partial charge is 0.147 e. The fourth-order valence-electron chi connectivity index (χ4n) is 3.63. The van der Waals surface area contributed by atoms with Crippen LogP contribution in [0.1, 0.15) is 51.9 Å². The second-order valence-corrected chi connectivity index (χ2v) is 9.60. The van der Waals surface area contributed by atoms with E-state index in [1.54, 1.807) is 8.85 Å². The van der Waals surface area contributed by atoms with E-state index in [9.17, 15) is 0 Å². The SMILES string of the molecule is CCC1(C2=CC[C]([Zr][C]3=CC=CC3)=C2)CCCC1.Cl.Cl. The van der Waals surface area contributed by atoms with Crippen LogP contribution in [-0.4, -0.2) is 0 Å². The molecule has 3 rings (SSSR count). The first kappa shape index (κ1) is 18.5. The summed E-state index contributed by atoms with van der Waals surface area (Å²) in [5, 5.41) is 0. The van der Waals surface area contributed by atoms with Crippen molar-refractivity contribution in [3.05, 3.63) is 42.5 Å². The molecule has 3 aliphatic rings. The molecule has 0 saturated heterocycles. The molecule has 0 amide bonds. The Morgan fingerprint density at radius 3 is 2.45 bits per heavy atom. The first-order valence-electron chi connectivity index (χ1n) is 7.36. The zero-order valence-electron chi connectivity index (χ0n) is 12.2. The van der Waals surface area contributed by atoms with E-state index in [2.05, 4.69) is 37.3 Å². The van der Waals surface area contributed by atoms with E-state index in [0.717, 1.165) is 0 Å². The normalized spacial score (nSPS) is 22.6. The molecule has 0 spiro atoms. The van der Waals surface area contributed by atoms with E-state index < -0.39 is 23.2 Å². The molecule has 3 aliphatic carbocycles. The molecule has 20 heavy (non-hydrogen) atoms. The van der Waals surface area contributed by atoms with Gasteiger partial charge in [-0.3, -0.25) is 0 Å². The van der Waals surface area contributed by atoms with Gasteiger partial charge in [0.2, 0.25) is 0 Å². The number of rotatable bonds is 4. The van der Waals surface area contributed by atoms with E-state index in [4.69, 9.17) is 0 Å². The second kappa shape index (κ2) is 8.16. The Hall–Kier alpha value is 0.423. The van der Waals surface area contributed by atoms with Crippen LogP contribution < -0.4 is 0 Å². The topological polar surface area (TPSA) is 0 Å². The van der Waals surface area contributed by atoms with Crippen LogP contribution in [0, 0.1) is 5.41 Å². The molecule has 0 atom stereocenters. The molecule has 0 N–H and O–H groups in total. The number of allylic oxidation sites excluding steroid dienone is 8. The summed E-state index contributed by atoms with van der Waals surface area (Å²) in [6.45, 7) is 2.39. The van der Waals surface area contributed by atoms with Gasteiger partial charge in [0, 0.05) is 0 Å². The van der Waals surface area contributed by atoms with E-state index in [0.29, 0.717) is 5.41 Å². The van der Waals surface area contributed by atoms with Crippen molar-refractivity contribution < 1.29 is 23.2 Å². The van der Waals surface area contributed by atoms with Gasteiger partial charge in [-0.1, -0.05) is 0 Å². The predicted molar refractivity (Wildman–Crippen MR) is 88.3 cm³/mol. The van der Waals surface area contributed by atoms with Gasteiger partial charge in [0.15, 0.2) is 0 Å². The van der Waals surface area contributed by atoms with Crippen LogP contribution in [-0.2, 0) is 23.2 Å². The van der Waals surface area contributed by atoms with Crippen LogP contribution >= 0.6 is 24.8 Å². The molecule has 0 heterocycles. The molecule has 1 fully saturated rings. The molecule has 110 valence electrons. The maximum atomic E-state index is 2.61. The Morgan fingerprint density at radius 1 is 1.10 bits per heavy atom. The maximum absolute atomic E-state index is 2.61. The predicted octanol–water partition coefficient (Wildman–Crippen LogP) is 5.94. The van der Waals surface area contributed by atoms with Gasteiger partial charge in [-0.05, 0) is 0 Å². The zero-order chi connectivity index (χ0) is 12.4. The molecule has 0 aromatic carbocycles. The summed E-state index contributed by atoms with van der Waals surface area (Å²) < 4.78 is 3.57. The van der Waals surface area contributed by atoms with Crippen LogP contribution in [0.4, 0.5) is 0 Å². The number of hydrogen-bond donors (Lipinski definition) is 0. The van der Waals surface area contributed by atoms with Crippen molar-refractivity contribution in [2.24, 2.45) is 5.41 Å². The minimum atomic E-state index is -0.417. The summed E-state index contributed by atoms with van der Waals surface area (Å²) in [5.41, 5.74) is 2.29. The van der Waals surface area contributed by atoms with Crippen LogP contribution in [0.25, 0.3) is 0 Å². The first-order valence-corrected chi connectivity index (χ1v) is 9.82. The quantitative estimate of drug-likeness (QED) is 0.557. The van der Waals surface area contributed by atoms with Crippen molar-refractivity contribution in [3.63, 3.8) is 0 Å². The third-order valence-corrected chi connectivity index (χ3v) is 8.16. The Morgan fingerprint density at radius 2 is 1.85 bits per heavy atom. The average molecular weight is 391 g/mol. The summed E-state index contributed by atoms with van der Waals surface area (Å²) in [7, 11) is 0. The molecule has 0 aromatic rings. The molecule has 0 radical (unpaired) electrons. The summed E-state index contributed by atoms with van der Waals surface area (Å²) >= 11 is -0.417. The van der Waals surface area contributed by atoms with Gasteiger partial charge >= 0.3 is 123 Å². The van der Waals surface area contributed by atoms with Crippen molar-refractivity contribution in [2.45, 2.75) is 51.9 Å². The van der Waals surface area contributed by atoms with Crippen LogP contribution in [0.2, 0.25) is 0 Å². The minimum absolute atomic E-state index is 0. The Kier molecular flexibility index (Phi) is 7.54. The summed E-state index contributed by atoms with van der Waals surface area (Å²) in [4.78, 5) is 0. The van der Waals surface area contributed by atoms with E-state index in [1.165, 1.54) is 44.9 Å². The molecule has 3 heteroatoms. The van der Waals surface area contributed by atoms with Crippen LogP contribution in [0.3, 0.4) is 0 Å². The van der Waals surface area contributed by atoms with E-state index >= 15 is 0 Å². The maximum Gasteiger partial charge on any atom is -0.147 e. The monoisotopic (exact) mass is 388 g/mol. The van der Waals surface area contributed by atoms with Crippen LogP contribution in [0.15, 0.2) is 42.5 Å². The van der Waals surface area contributed by atoms with Gasteiger partial charge in [0.1, 0.15) is 0 Å². The van der Waals surface area contributed by atoms with Gasteiger partial charge in [0.25, 0.3) is 0 Å². The fraction of sp³-hybridized carbons (Fsp3) is 0.529. The Balaban J connectivity index is 0.000001000. The second-order valence-electron chi connectivity index (χ2n) is 5.82. The van der Waals surface area contributed by atoms with Crippen LogP contribution in [0.5, 0.6) is 0 Å². The molecule has 0 aliphatic heterocycles. The van der Waals surface area contributed by atoms with Crippen molar-refractivity contribution in [1.29, 1.82) is 0 Å². The summed E-state index contributed by atoms with van der Waals surface area (Å²) in [6.07, 6.45) is 21.7. The van der Waals surface area contributed by atoms with Crippen molar-refractivity contribution >= 4 is 24.8 Å². The zero-order valence-corrected chi connectivity index (χ0v) is 16.2. The molecule has 0 nitrogen and oxygen atoms in total. The van der Waals surface area contributed by atoms with Gasteiger partial charge < -0.3 is 0 Å². The smallest absolute Gasteiger partial charge is 0.147 e. The minimum Gasteiger partial charge on any atom is -0.147 e. The Labute approximate surface area is 147 Å². The molecule has 0 bridgehead atoms. The Bertz CT molecular complexity index is 452. The van der Waals surface area contributed by atoms with Crippen molar-refractivity contribution in [3.8, 4) is 0 Å². The standard InChI is InChI=1S/C12H17.C5H5.2ClH.Zr/c1-2-12(9-5-6-10-12)11-7-3-4-8-11;1-2-4-5-3-1;;;/h7-8H,2-3,5-6,9-10H2,1H3;1-3H,4H2;2*1H;. The summed E-state index contributed by atoms with van der Waals surface area (Å²) in [5.74, 6) is 0. The van der Waals surface area contributed by atoms with Gasteiger partial charge in [-0.25, -0.2) is 0 Å². The first-order chi connectivity index (χ1) is 8.82. The van der Waals surface area contributed by atoms with Crippen molar-refractivity contribution in [2.75, 3.05) is 0 Å². The van der Waals surface area contributed by atoms with Gasteiger partial charge in [0.05, 0.1) is 0 Å².